The van der Waals surface area contributed by atoms with Gasteiger partial charge in [0, 0.05) is 6.54 Å². The molecule has 3 amide bonds. The van der Waals surface area contributed by atoms with Gasteiger partial charge >= 0.3 is 6.03 Å². The van der Waals surface area contributed by atoms with Crippen LogP contribution in [0.25, 0.3) is 0 Å². The number of benzene rings is 1. The first-order valence-corrected chi connectivity index (χ1v) is 7.13. The highest BCUT2D eigenvalue weighted by Crippen LogP contribution is 2.07. The zero-order valence-corrected chi connectivity index (χ0v) is 12.5. The van der Waals surface area contributed by atoms with Gasteiger partial charge in [0.1, 0.15) is 5.75 Å². The molecular formula is C15H23N3O3. The average molecular weight is 293 g/mol. The van der Waals surface area contributed by atoms with Gasteiger partial charge < -0.3 is 15.4 Å². The summed E-state index contributed by atoms with van der Waals surface area (Å²) < 4.78 is 5.54. The number of hydrogen-bond acceptors (Lipinski definition) is 4. The molecule has 0 saturated heterocycles. The molecule has 1 unspecified atom stereocenters. The Morgan fingerprint density at radius 2 is 1.95 bits per heavy atom. The molecule has 3 N–H and O–H groups in total. The van der Waals surface area contributed by atoms with Crippen LogP contribution in [0, 0.1) is 0 Å². The second-order valence-electron chi connectivity index (χ2n) is 4.54. The number of carbonyl (C=O) groups excluding carboxylic acids is 2. The molecule has 1 aromatic rings. The van der Waals surface area contributed by atoms with Crippen molar-refractivity contribution >= 4 is 11.9 Å². The molecule has 0 aliphatic rings. The fourth-order valence-electron chi connectivity index (χ4n) is 1.62. The van der Waals surface area contributed by atoms with E-state index in [1.165, 1.54) is 0 Å². The molecule has 1 rings (SSSR count). The topological polar surface area (TPSA) is 79.5 Å². The Bertz CT molecular complexity index is 437. The zero-order valence-electron chi connectivity index (χ0n) is 12.5. The second-order valence-corrected chi connectivity index (χ2v) is 4.54. The highest BCUT2D eigenvalue weighted by atomic mass is 16.5. The Morgan fingerprint density at radius 3 is 2.62 bits per heavy atom. The molecule has 0 heterocycles. The maximum atomic E-state index is 11.6. The van der Waals surface area contributed by atoms with Crippen LogP contribution in [0.3, 0.4) is 0 Å². The number of amides is 3. The maximum absolute atomic E-state index is 11.6. The number of carbonyl (C=O) groups is 2. The Morgan fingerprint density at radius 1 is 1.24 bits per heavy atom. The third-order valence-electron chi connectivity index (χ3n) is 2.75. The highest BCUT2D eigenvalue weighted by molar-refractivity contribution is 5.96. The molecule has 1 aromatic carbocycles. The fourth-order valence-corrected chi connectivity index (χ4v) is 1.62. The van der Waals surface area contributed by atoms with Crippen molar-refractivity contribution in [2.75, 3.05) is 19.7 Å². The molecule has 116 valence electrons. The molecule has 0 aliphatic heterocycles. The minimum absolute atomic E-state index is 0.343. The first-order valence-electron chi connectivity index (χ1n) is 7.13. The lowest BCUT2D eigenvalue weighted by Crippen LogP contribution is -2.48. The van der Waals surface area contributed by atoms with Gasteiger partial charge in [0.15, 0.2) is 0 Å². The molecule has 6 nitrogen and oxygen atoms in total. The quantitative estimate of drug-likeness (QED) is 0.631. The molecule has 0 radical (unpaired) electrons. The maximum Gasteiger partial charge on any atom is 0.321 e. The summed E-state index contributed by atoms with van der Waals surface area (Å²) >= 11 is 0. The number of ether oxygens (including phenoxy) is 1. The number of rotatable bonds is 8. The van der Waals surface area contributed by atoms with E-state index in [4.69, 9.17) is 4.74 Å². The zero-order chi connectivity index (χ0) is 15.5. The first kappa shape index (κ1) is 17.0. The standard InChI is InChI=1S/C15H23N3O3/c1-3-16-15(20)18-14(19)12(2)17-10-7-11-21-13-8-5-4-6-9-13/h4-6,8-9,12,17H,3,7,10-11H2,1-2H3,(H2,16,18,19,20). The monoisotopic (exact) mass is 293 g/mol. The van der Waals surface area contributed by atoms with Gasteiger partial charge in [-0.05, 0) is 38.9 Å². The fraction of sp³-hybridized carbons (Fsp3) is 0.467. The van der Waals surface area contributed by atoms with Gasteiger partial charge in [-0.3, -0.25) is 10.1 Å². The van der Waals surface area contributed by atoms with Crippen molar-refractivity contribution in [3.63, 3.8) is 0 Å². The van der Waals surface area contributed by atoms with Crippen LogP contribution in [0.1, 0.15) is 20.3 Å². The lowest BCUT2D eigenvalue weighted by atomic mass is 10.3. The number of nitrogens with one attached hydrogen (secondary N) is 3. The number of imide groups is 1. The van der Waals surface area contributed by atoms with Crippen LogP contribution in [0.4, 0.5) is 4.79 Å². The number of para-hydroxylation sites is 1. The van der Waals surface area contributed by atoms with E-state index in [9.17, 15) is 9.59 Å². The van der Waals surface area contributed by atoms with Crippen LogP contribution in [0.15, 0.2) is 30.3 Å². The summed E-state index contributed by atoms with van der Waals surface area (Å²) in [6, 6.07) is 8.67. The van der Waals surface area contributed by atoms with Crippen LogP contribution < -0.4 is 20.7 Å². The van der Waals surface area contributed by atoms with Crippen LogP contribution in [-0.4, -0.2) is 37.7 Å². The number of urea groups is 1. The SMILES string of the molecule is CCNC(=O)NC(=O)C(C)NCCCOc1ccccc1. The van der Waals surface area contributed by atoms with Crippen LogP contribution >= 0.6 is 0 Å². The Kier molecular flexibility index (Phi) is 7.89. The summed E-state index contributed by atoms with van der Waals surface area (Å²) in [5.74, 6) is 0.490. The summed E-state index contributed by atoms with van der Waals surface area (Å²) in [4.78, 5) is 22.8. The highest BCUT2D eigenvalue weighted by Gasteiger charge is 2.14. The smallest absolute Gasteiger partial charge is 0.321 e. The molecule has 21 heavy (non-hydrogen) atoms. The van der Waals surface area contributed by atoms with Crippen molar-refractivity contribution in [3.8, 4) is 5.75 Å². The molecule has 0 aromatic heterocycles. The molecule has 0 spiro atoms. The molecule has 1 atom stereocenters. The lowest BCUT2D eigenvalue weighted by Gasteiger charge is -2.13. The molecular weight excluding hydrogens is 270 g/mol. The Labute approximate surface area is 125 Å². The number of hydrogen-bond donors (Lipinski definition) is 3. The third-order valence-corrected chi connectivity index (χ3v) is 2.75. The average Bonchev–Trinajstić information content (AvgIpc) is 2.48. The van der Waals surface area contributed by atoms with Crippen molar-refractivity contribution in [1.82, 2.24) is 16.0 Å². The van der Waals surface area contributed by atoms with E-state index in [0.29, 0.717) is 19.7 Å². The molecule has 0 bridgehead atoms. The van der Waals surface area contributed by atoms with E-state index in [1.807, 2.05) is 30.3 Å². The summed E-state index contributed by atoms with van der Waals surface area (Å²) in [6.07, 6.45) is 0.771. The molecule has 6 heteroatoms. The molecule has 0 fully saturated rings. The lowest BCUT2D eigenvalue weighted by molar-refractivity contribution is -0.121. The minimum Gasteiger partial charge on any atom is -0.494 e. The third kappa shape index (κ3) is 7.31. The van der Waals surface area contributed by atoms with Crippen molar-refractivity contribution < 1.29 is 14.3 Å². The Hall–Kier alpha value is -2.08. The largest absolute Gasteiger partial charge is 0.494 e. The van der Waals surface area contributed by atoms with Gasteiger partial charge in [-0.25, -0.2) is 4.79 Å². The van der Waals surface area contributed by atoms with E-state index < -0.39 is 12.1 Å². The summed E-state index contributed by atoms with van der Waals surface area (Å²) in [5.41, 5.74) is 0. The van der Waals surface area contributed by atoms with E-state index in [-0.39, 0.29) is 5.91 Å². The van der Waals surface area contributed by atoms with Crippen LogP contribution in [-0.2, 0) is 4.79 Å². The van der Waals surface area contributed by atoms with Gasteiger partial charge in [-0.15, -0.1) is 0 Å². The van der Waals surface area contributed by atoms with Crippen molar-refractivity contribution in [3.05, 3.63) is 30.3 Å². The summed E-state index contributed by atoms with van der Waals surface area (Å²) in [6.45, 7) is 5.20. The van der Waals surface area contributed by atoms with Gasteiger partial charge in [0.05, 0.1) is 12.6 Å². The Balaban J connectivity index is 2.11. The van der Waals surface area contributed by atoms with Gasteiger partial charge in [-0.1, -0.05) is 18.2 Å². The summed E-state index contributed by atoms with van der Waals surface area (Å²) in [7, 11) is 0. The van der Waals surface area contributed by atoms with Crippen molar-refractivity contribution in [2.24, 2.45) is 0 Å². The normalized spacial score (nSPS) is 11.5. The van der Waals surface area contributed by atoms with Crippen LogP contribution in [0.2, 0.25) is 0 Å². The van der Waals surface area contributed by atoms with E-state index in [1.54, 1.807) is 13.8 Å². The minimum atomic E-state index is -0.469. The second kappa shape index (κ2) is 9.77. The van der Waals surface area contributed by atoms with E-state index in [0.717, 1.165) is 12.2 Å². The predicted molar refractivity (Wildman–Crippen MR) is 81.2 cm³/mol. The van der Waals surface area contributed by atoms with E-state index in [2.05, 4.69) is 16.0 Å². The van der Waals surface area contributed by atoms with E-state index >= 15 is 0 Å². The van der Waals surface area contributed by atoms with Crippen molar-refractivity contribution in [1.29, 1.82) is 0 Å². The van der Waals surface area contributed by atoms with Crippen LogP contribution in [0.5, 0.6) is 5.75 Å². The summed E-state index contributed by atoms with van der Waals surface area (Å²) in [5, 5.41) is 7.82. The molecule has 0 aliphatic carbocycles. The molecule has 0 saturated carbocycles. The predicted octanol–water partition coefficient (Wildman–Crippen LogP) is 1.28. The van der Waals surface area contributed by atoms with Crippen molar-refractivity contribution in [2.45, 2.75) is 26.3 Å². The first-order chi connectivity index (χ1) is 10.1. The van der Waals surface area contributed by atoms with Gasteiger partial charge in [0.25, 0.3) is 0 Å². The van der Waals surface area contributed by atoms with Gasteiger partial charge in [0.2, 0.25) is 5.91 Å². The van der Waals surface area contributed by atoms with Gasteiger partial charge in [-0.2, -0.15) is 0 Å².